The highest BCUT2D eigenvalue weighted by molar-refractivity contribution is 6.23. The molecule has 0 N–H and O–H groups in total. The molecule has 0 aromatic heterocycles. The Morgan fingerprint density at radius 2 is 1.00 bits per heavy atom. The predicted octanol–water partition coefficient (Wildman–Crippen LogP) is 7.98. The van der Waals surface area contributed by atoms with Crippen LogP contribution < -0.4 is 4.74 Å². The number of rotatable bonds is 2. The van der Waals surface area contributed by atoms with Crippen LogP contribution in [0.15, 0.2) is 103 Å². The molecule has 30 heavy (non-hydrogen) atoms. The van der Waals surface area contributed by atoms with Crippen LogP contribution in [0.4, 0.5) is 0 Å². The second-order valence-corrected chi connectivity index (χ2v) is 7.72. The van der Waals surface area contributed by atoms with Crippen molar-refractivity contribution in [2.75, 3.05) is 7.11 Å². The Morgan fingerprint density at radius 3 is 1.73 bits per heavy atom. The van der Waals surface area contributed by atoms with Gasteiger partial charge >= 0.3 is 0 Å². The minimum absolute atomic E-state index is 0.902. The van der Waals surface area contributed by atoms with Gasteiger partial charge < -0.3 is 4.74 Å². The van der Waals surface area contributed by atoms with E-state index in [0.717, 1.165) is 11.3 Å². The van der Waals surface area contributed by atoms with Crippen molar-refractivity contribution in [2.45, 2.75) is 0 Å². The molecule has 0 radical (unpaired) electrons. The third-order valence-electron chi connectivity index (χ3n) is 6.13. The second kappa shape index (κ2) is 6.60. The van der Waals surface area contributed by atoms with Crippen LogP contribution in [0.3, 0.4) is 0 Å². The van der Waals surface area contributed by atoms with Gasteiger partial charge in [-0.15, -0.1) is 0 Å². The SMILES string of the molecule is COc1ccc2ccccc2c1-c1c2ccccc2cc2c1ccc1ccccc12. The molecule has 6 aromatic carbocycles. The molecule has 6 aromatic rings. The van der Waals surface area contributed by atoms with Crippen molar-refractivity contribution >= 4 is 43.1 Å². The van der Waals surface area contributed by atoms with Gasteiger partial charge in [0.2, 0.25) is 0 Å². The lowest BCUT2D eigenvalue weighted by Gasteiger charge is -2.18. The summed E-state index contributed by atoms with van der Waals surface area (Å²) in [5.41, 5.74) is 2.40. The third kappa shape index (κ3) is 2.42. The number of fused-ring (bicyclic) bond motifs is 5. The van der Waals surface area contributed by atoms with Gasteiger partial charge in [0.25, 0.3) is 0 Å². The Kier molecular flexibility index (Phi) is 3.75. The van der Waals surface area contributed by atoms with Crippen molar-refractivity contribution in [3.05, 3.63) is 103 Å². The zero-order valence-electron chi connectivity index (χ0n) is 16.7. The van der Waals surface area contributed by atoms with E-state index < -0.39 is 0 Å². The number of benzene rings is 6. The zero-order chi connectivity index (χ0) is 20.1. The van der Waals surface area contributed by atoms with Crippen molar-refractivity contribution in [1.82, 2.24) is 0 Å². The minimum Gasteiger partial charge on any atom is -0.496 e. The van der Waals surface area contributed by atoms with E-state index in [2.05, 4.69) is 103 Å². The lowest BCUT2D eigenvalue weighted by atomic mass is 9.87. The summed E-state index contributed by atoms with van der Waals surface area (Å²) >= 11 is 0. The van der Waals surface area contributed by atoms with Crippen LogP contribution in [0.2, 0.25) is 0 Å². The van der Waals surface area contributed by atoms with Gasteiger partial charge in [0.05, 0.1) is 7.11 Å². The molecule has 1 heteroatoms. The van der Waals surface area contributed by atoms with E-state index in [0.29, 0.717) is 0 Å². The summed E-state index contributed by atoms with van der Waals surface area (Å²) in [6, 6.07) is 36.9. The summed E-state index contributed by atoms with van der Waals surface area (Å²) in [7, 11) is 1.76. The lowest BCUT2D eigenvalue weighted by molar-refractivity contribution is 0.417. The van der Waals surface area contributed by atoms with Crippen molar-refractivity contribution < 1.29 is 4.74 Å². The van der Waals surface area contributed by atoms with E-state index in [1.54, 1.807) is 7.11 Å². The van der Waals surface area contributed by atoms with Gasteiger partial charge in [0.1, 0.15) is 5.75 Å². The van der Waals surface area contributed by atoms with Crippen LogP contribution in [0.25, 0.3) is 54.2 Å². The van der Waals surface area contributed by atoms with Crippen LogP contribution in [0.5, 0.6) is 5.75 Å². The van der Waals surface area contributed by atoms with Crippen LogP contribution >= 0.6 is 0 Å². The Bertz CT molecular complexity index is 1580. The molecule has 0 unspecified atom stereocenters. The van der Waals surface area contributed by atoms with Gasteiger partial charge in [0.15, 0.2) is 0 Å². The van der Waals surface area contributed by atoms with E-state index in [1.807, 2.05) is 0 Å². The van der Waals surface area contributed by atoms with E-state index in [9.17, 15) is 0 Å². The predicted molar refractivity (Wildman–Crippen MR) is 128 cm³/mol. The van der Waals surface area contributed by atoms with Gasteiger partial charge in [-0.3, -0.25) is 0 Å². The first-order valence-corrected chi connectivity index (χ1v) is 10.2. The molecule has 6 rings (SSSR count). The van der Waals surface area contributed by atoms with Crippen LogP contribution in [0, 0.1) is 0 Å². The Labute approximate surface area is 175 Å². The fourth-order valence-electron chi connectivity index (χ4n) is 4.77. The molecular formula is C29H20O. The van der Waals surface area contributed by atoms with Crippen LogP contribution in [-0.2, 0) is 0 Å². The average Bonchev–Trinajstić information content (AvgIpc) is 2.82. The number of hydrogen-bond acceptors (Lipinski definition) is 1. The van der Waals surface area contributed by atoms with Crippen molar-refractivity contribution in [1.29, 1.82) is 0 Å². The molecule has 0 aliphatic heterocycles. The first-order valence-electron chi connectivity index (χ1n) is 10.2. The smallest absolute Gasteiger partial charge is 0.127 e. The summed E-state index contributed by atoms with van der Waals surface area (Å²) in [5, 5.41) is 9.98. The molecule has 0 atom stereocenters. The fraction of sp³-hybridized carbons (Fsp3) is 0.0345. The average molecular weight is 384 g/mol. The molecule has 142 valence electrons. The third-order valence-corrected chi connectivity index (χ3v) is 6.13. The number of ether oxygens (including phenoxy) is 1. The zero-order valence-corrected chi connectivity index (χ0v) is 16.7. The van der Waals surface area contributed by atoms with Gasteiger partial charge in [0, 0.05) is 11.1 Å². The topological polar surface area (TPSA) is 9.23 Å². The molecule has 0 saturated heterocycles. The van der Waals surface area contributed by atoms with Gasteiger partial charge in [-0.25, -0.2) is 0 Å². The van der Waals surface area contributed by atoms with E-state index in [1.165, 1.54) is 48.7 Å². The summed E-state index contributed by atoms with van der Waals surface area (Å²) in [6.45, 7) is 0. The maximum absolute atomic E-state index is 5.89. The monoisotopic (exact) mass is 384 g/mol. The van der Waals surface area contributed by atoms with E-state index >= 15 is 0 Å². The summed E-state index contributed by atoms with van der Waals surface area (Å²) in [4.78, 5) is 0. The maximum atomic E-state index is 5.89. The van der Waals surface area contributed by atoms with Crippen LogP contribution in [0.1, 0.15) is 0 Å². The Morgan fingerprint density at radius 1 is 0.433 bits per heavy atom. The van der Waals surface area contributed by atoms with E-state index in [4.69, 9.17) is 4.74 Å². The minimum atomic E-state index is 0.902. The molecule has 0 saturated carbocycles. The van der Waals surface area contributed by atoms with Gasteiger partial charge in [-0.1, -0.05) is 91.0 Å². The number of methoxy groups -OCH3 is 1. The quantitative estimate of drug-likeness (QED) is 0.217. The summed E-state index contributed by atoms with van der Waals surface area (Å²) in [6.07, 6.45) is 0. The van der Waals surface area contributed by atoms with Crippen molar-refractivity contribution in [3.63, 3.8) is 0 Å². The van der Waals surface area contributed by atoms with Crippen molar-refractivity contribution in [2.24, 2.45) is 0 Å². The molecule has 1 nitrogen and oxygen atoms in total. The molecule has 0 amide bonds. The van der Waals surface area contributed by atoms with Gasteiger partial charge in [-0.05, 0) is 55.2 Å². The summed E-state index contributed by atoms with van der Waals surface area (Å²) < 4.78 is 5.89. The Hall–Kier alpha value is -3.84. The first-order chi connectivity index (χ1) is 14.8. The molecule has 0 fully saturated rings. The standard InChI is InChI=1S/C29H20O/c1-30-27-17-15-20-9-3-6-12-23(20)29(27)28-24-13-7-4-10-21(24)18-26-22-11-5-2-8-19(22)14-16-25(26)28/h2-18H,1H3. The van der Waals surface area contributed by atoms with E-state index in [-0.39, 0.29) is 0 Å². The van der Waals surface area contributed by atoms with Gasteiger partial charge in [-0.2, -0.15) is 0 Å². The normalized spacial score (nSPS) is 11.5. The molecule has 0 aliphatic rings. The molecule has 0 spiro atoms. The maximum Gasteiger partial charge on any atom is 0.127 e. The molecule has 0 bridgehead atoms. The molecule has 0 aliphatic carbocycles. The fourth-order valence-corrected chi connectivity index (χ4v) is 4.77. The van der Waals surface area contributed by atoms with Crippen LogP contribution in [-0.4, -0.2) is 7.11 Å². The molecule has 0 heterocycles. The van der Waals surface area contributed by atoms with Crippen molar-refractivity contribution in [3.8, 4) is 16.9 Å². The second-order valence-electron chi connectivity index (χ2n) is 7.72. The Balaban J connectivity index is 1.90. The summed E-state index contributed by atoms with van der Waals surface area (Å²) in [5.74, 6) is 0.902. The highest BCUT2D eigenvalue weighted by atomic mass is 16.5. The highest BCUT2D eigenvalue weighted by Crippen LogP contribution is 2.45. The molecular weight excluding hydrogens is 364 g/mol. The first kappa shape index (κ1) is 17.1. The largest absolute Gasteiger partial charge is 0.496 e. The highest BCUT2D eigenvalue weighted by Gasteiger charge is 2.17. The number of hydrogen-bond donors (Lipinski definition) is 0. The lowest BCUT2D eigenvalue weighted by Crippen LogP contribution is -1.93.